The van der Waals surface area contributed by atoms with Gasteiger partial charge < -0.3 is 28.7 Å². The summed E-state index contributed by atoms with van der Waals surface area (Å²) in [6.45, 7) is 2.48. The maximum Gasteiger partial charge on any atom is 0.254 e. The molecule has 5 rings (SSSR count). The number of anilines is 1. The van der Waals surface area contributed by atoms with Crippen molar-refractivity contribution in [3.05, 3.63) is 54.5 Å². The first-order valence-electron chi connectivity index (χ1n) is 12.2. The number of amides is 1. The molecular formula is C27H30N6O5. The Morgan fingerprint density at radius 3 is 2.29 bits per heavy atom. The van der Waals surface area contributed by atoms with Crippen molar-refractivity contribution in [3.63, 3.8) is 0 Å². The van der Waals surface area contributed by atoms with Gasteiger partial charge in [0.05, 0.1) is 28.4 Å². The molecule has 0 radical (unpaired) electrons. The molecule has 0 atom stereocenters. The number of fused-ring (bicyclic) bond motifs is 1. The SMILES string of the molecule is COc1cc(OC)cc(C(=O)N2CCCN(c3c(-c4ccc(OC)c(OC)c4)cnc4ncnn34)CC2)c1. The van der Waals surface area contributed by atoms with E-state index in [1.807, 2.05) is 23.1 Å². The van der Waals surface area contributed by atoms with Gasteiger partial charge in [-0.1, -0.05) is 6.07 Å². The van der Waals surface area contributed by atoms with E-state index < -0.39 is 0 Å². The zero-order chi connectivity index (χ0) is 26.6. The number of benzene rings is 2. The van der Waals surface area contributed by atoms with Crippen molar-refractivity contribution in [2.45, 2.75) is 6.42 Å². The Bertz CT molecular complexity index is 1430. The van der Waals surface area contributed by atoms with Crippen LogP contribution in [0.5, 0.6) is 23.0 Å². The van der Waals surface area contributed by atoms with Gasteiger partial charge in [0, 0.05) is 49.6 Å². The summed E-state index contributed by atoms with van der Waals surface area (Å²) in [6.07, 6.45) is 4.07. The van der Waals surface area contributed by atoms with Crippen molar-refractivity contribution >= 4 is 17.5 Å². The molecule has 11 heteroatoms. The summed E-state index contributed by atoms with van der Waals surface area (Å²) in [4.78, 5) is 26.4. The molecule has 0 spiro atoms. The van der Waals surface area contributed by atoms with Gasteiger partial charge in [0.2, 0.25) is 0 Å². The molecule has 4 aromatic rings. The van der Waals surface area contributed by atoms with Crippen LogP contribution in [0.3, 0.4) is 0 Å². The fraction of sp³-hybridized carbons (Fsp3) is 0.333. The zero-order valence-electron chi connectivity index (χ0n) is 21.9. The van der Waals surface area contributed by atoms with Gasteiger partial charge in [0.25, 0.3) is 11.7 Å². The normalized spacial score (nSPS) is 13.8. The van der Waals surface area contributed by atoms with E-state index in [1.54, 1.807) is 57.4 Å². The van der Waals surface area contributed by atoms with Crippen LogP contribution in [0.15, 0.2) is 48.9 Å². The van der Waals surface area contributed by atoms with Crippen LogP contribution in [-0.4, -0.2) is 85.0 Å². The number of carbonyl (C=O) groups excluding carboxylic acids is 1. The first kappa shape index (κ1) is 25.1. The van der Waals surface area contributed by atoms with E-state index in [4.69, 9.17) is 18.9 Å². The van der Waals surface area contributed by atoms with Crippen LogP contribution < -0.4 is 23.8 Å². The molecule has 11 nitrogen and oxygen atoms in total. The molecule has 0 saturated carbocycles. The van der Waals surface area contributed by atoms with Crippen molar-refractivity contribution in [2.24, 2.45) is 0 Å². The van der Waals surface area contributed by atoms with Gasteiger partial charge in [-0.15, -0.1) is 0 Å². The number of nitrogens with zero attached hydrogens (tertiary/aromatic N) is 6. The Kier molecular flexibility index (Phi) is 7.16. The van der Waals surface area contributed by atoms with Crippen molar-refractivity contribution in [3.8, 4) is 34.1 Å². The Hall–Kier alpha value is -4.54. The molecule has 1 fully saturated rings. The van der Waals surface area contributed by atoms with Gasteiger partial charge in [-0.2, -0.15) is 14.6 Å². The fourth-order valence-corrected chi connectivity index (χ4v) is 4.72. The van der Waals surface area contributed by atoms with E-state index in [-0.39, 0.29) is 5.91 Å². The molecule has 0 N–H and O–H groups in total. The summed E-state index contributed by atoms with van der Waals surface area (Å²) < 4.78 is 23.4. The summed E-state index contributed by atoms with van der Waals surface area (Å²) in [7, 11) is 6.36. The van der Waals surface area contributed by atoms with E-state index in [0.717, 1.165) is 29.9 Å². The molecule has 0 unspecified atom stereocenters. The maximum atomic E-state index is 13.5. The van der Waals surface area contributed by atoms with Gasteiger partial charge in [0.15, 0.2) is 11.5 Å². The van der Waals surface area contributed by atoms with Crippen molar-refractivity contribution in [1.29, 1.82) is 0 Å². The second kappa shape index (κ2) is 10.8. The number of hydrogen-bond donors (Lipinski definition) is 0. The van der Waals surface area contributed by atoms with E-state index in [9.17, 15) is 4.79 Å². The van der Waals surface area contributed by atoms with Gasteiger partial charge in [-0.25, -0.2) is 4.98 Å². The highest BCUT2D eigenvalue weighted by Crippen LogP contribution is 2.36. The molecule has 198 valence electrons. The minimum Gasteiger partial charge on any atom is -0.497 e. The highest BCUT2D eigenvalue weighted by molar-refractivity contribution is 5.95. The predicted molar refractivity (Wildman–Crippen MR) is 142 cm³/mol. The predicted octanol–water partition coefficient (Wildman–Crippen LogP) is 3.18. The lowest BCUT2D eigenvalue weighted by atomic mass is 10.1. The van der Waals surface area contributed by atoms with Gasteiger partial charge in [-0.05, 0) is 36.2 Å². The number of aromatic nitrogens is 4. The Balaban J connectivity index is 1.47. The summed E-state index contributed by atoms with van der Waals surface area (Å²) >= 11 is 0. The smallest absolute Gasteiger partial charge is 0.254 e. The second-order valence-corrected chi connectivity index (χ2v) is 8.77. The summed E-state index contributed by atoms with van der Waals surface area (Å²) in [5.41, 5.74) is 2.31. The lowest BCUT2D eigenvalue weighted by Crippen LogP contribution is -2.36. The van der Waals surface area contributed by atoms with Crippen LogP contribution in [0.2, 0.25) is 0 Å². The molecule has 2 aromatic carbocycles. The number of rotatable bonds is 7. The molecule has 1 aliphatic rings. The third kappa shape index (κ3) is 4.74. The van der Waals surface area contributed by atoms with E-state index in [0.29, 0.717) is 54.0 Å². The maximum absolute atomic E-state index is 13.5. The van der Waals surface area contributed by atoms with Crippen LogP contribution in [0.4, 0.5) is 5.82 Å². The zero-order valence-corrected chi connectivity index (χ0v) is 21.9. The van der Waals surface area contributed by atoms with Crippen molar-refractivity contribution < 1.29 is 23.7 Å². The second-order valence-electron chi connectivity index (χ2n) is 8.77. The lowest BCUT2D eigenvalue weighted by molar-refractivity contribution is 0.0766. The summed E-state index contributed by atoms with van der Waals surface area (Å²) in [5, 5.41) is 4.46. The Labute approximate surface area is 220 Å². The first-order valence-corrected chi connectivity index (χ1v) is 12.2. The monoisotopic (exact) mass is 518 g/mol. The van der Waals surface area contributed by atoms with Crippen molar-refractivity contribution in [1.82, 2.24) is 24.5 Å². The van der Waals surface area contributed by atoms with Crippen LogP contribution in [0.25, 0.3) is 16.9 Å². The summed E-state index contributed by atoms with van der Waals surface area (Å²) in [5.74, 6) is 3.72. The molecule has 1 aliphatic heterocycles. The Morgan fingerprint density at radius 2 is 1.58 bits per heavy atom. The molecule has 2 aromatic heterocycles. The minimum absolute atomic E-state index is 0.0650. The summed E-state index contributed by atoms with van der Waals surface area (Å²) in [6, 6.07) is 11.0. The fourth-order valence-electron chi connectivity index (χ4n) is 4.72. The van der Waals surface area contributed by atoms with E-state index in [2.05, 4.69) is 20.0 Å². The van der Waals surface area contributed by atoms with Gasteiger partial charge >= 0.3 is 0 Å². The largest absolute Gasteiger partial charge is 0.497 e. The average molecular weight is 519 g/mol. The third-order valence-corrected chi connectivity index (χ3v) is 6.66. The topological polar surface area (TPSA) is 104 Å². The molecule has 1 saturated heterocycles. The average Bonchev–Trinajstić information content (AvgIpc) is 3.32. The van der Waals surface area contributed by atoms with Crippen LogP contribution >= 0.6 is 0 Å². The third-order valence-electron chi connectivity index (χ3n) is 6.66. The highest BCUT2D eigenvalue weighted by Gasteiger charge is 2.25. The van der Waals surface area contributed by atoms with E-state index in [1.165, 1.54) is 6.33 Å². The minimum atomic E-state index is -0.0650. The van der Waals surface area contributed by atoms with Crippen molar-refractivity contribution in [2.75, 3.05) is 59.5 Å². The number of carbonyl (C=O) groups is 1. The number of hydrogen-bond acceptors (Lipinski definition) is 9. The number of methoxy groups -OCH3 is 4. The van der Waals surface area contributed by atoms with Gasteiger partial charge in [-0.3, -0.25) is 4.79 Å². The molecule has 3 heterocycles. The van der Waals surface area contributed by atoms with Crippen LogP contribution in [0.1, 0.15) is 16.8 Å². The lowest BCUT2D eigenvalue weighted by Gasteiger charge is -2.26. The molecule has 38 heavy (non-hydrogen) atoms. The number of ether oxygens (including phenoxy) is 4. The molecule has 0 aliphatic carbocycles. The molecular weight excluding hydrogens is 488 g/mol. The standard InChI is InChI=1S/C27H30N6O5/c1-35-20-12-19(13-21(15-20)36-2)26(34)32-9-5-8-31(10-11-32)25-22(16-28-27-29-17-30-33(25)27)18-6-7-23(37-3)24(14-18)38-4/h6-7,12-17H,5,8-11H2,1-4H3. The van der Waals surface area contributed by atoms with Gasteiger partial charge in [0.1, 0.15) is 23.6 Å². The highest BCUT2D eigenvalue weighted by atomic mass is 16.5. The Morgan fingerprint density at radius 1 is 0.816 bits per heavy atom. The first-order chi connectivity index (χ1) is 18.6. The molecule has 0 bridgehead atoms. The molecule has 1 amide bonds. The van der Waals surface area contributed by atoms with E-state index >= 15 is 0 Å². The quantitative estimate of drug-likeness (QED) is 0.365. The van der Waals surface area contributed by atoms with Crippen LogP contribution in [-0.2, 0) is 0 Å². The van der Waals surface area contributed by atoms with Crippen LogP contribution in [0, 0.1) is 0 Å².